The molecular weight excluding hydrogens is 330 g/mol. The van der Waals surface area contributed by atoms with Gasteiger partial charge < -0.3 is 15.4 Å². The second-order valence-corrected chi connectivity index (χ2v) is 5.77. The molecule has 1 aliphatic heterocycles. The van der Waals surface area contributed by atoms with Gasteiger partial charge in [0.15, 0.2) is 0 Å². The molecule has 0 saturated heterocycles. The molecule has 0 fully saturated rings. The third kappa shape index (κ3) is 3.83. The molecule has 2 N–H and O–H groups in total. The van der Waals surface area contributed by atoms with E-state index in [0.29, 0.717) is 18.1 Å². The number of fused-ring (bicyclic) bond motifs is 1. The van der Waals surface area contributed by atoms with Gasteiger partial charge in [0.2, 0.25) is 5.91 Å². The molecule has 6 nitrogen and oxygen atoms in total. The van der Waals surface area contributed by atoms with E-state index in [1.54, 1.807) is 6.07 Å². The molecule has 2 amide bonds. The van der Waals surface area contributed by atoms with Gasteiger partial charge in [-0.25, -0.2) is 0 Å². The van der Waals surface area contributed by atoms with Crippen molar-refractivity contribution in [3.8, 4) is 5.75 Å². The number of para-hydroxylation sites is 1. The van der Waals surface area contributed by atoms with E-state index >= 15 is 0 Å². The normalized spacial score (nSPS) is 15.8. The number of halogens is 1. The Morgan fingerprint density at radius 3 is 2.96 bits per heavy atom. The molecule has 0 aliphatic carbocycles. The van der Waals surface area contributed by atoms with Crippen molar-refractivity contribution in [3.63, 3.8) is 0 Å². The molecule has 0 radical (unpaired) electrons. The highest BCUT2D eigenvalue weighted by Gasteiger charge is 2.22. The molecule has 0 bridgehead atoms. The lowest BCUT2D eigenvalue weighted by Gasteiger charge is -2.26. The maximum Gasteiger partial charge on any atom is 0.270 e. The summed E-state index contributed by atoms with van der Waals surface area (Å²) >= 11 is 5.82. The first-order chi connectivity index (χ1) is 11.6. The minimum atomic E-state index is -0.444. The Morgan fingerprint density at radius 2 is 2.12 bits per heavy atom. The molecule has 1 aliphatic rings. The van der Waals surface area contributed by atoms with Gasteiger partial charge in [-0.2, -0.15) is 0 Å². The number of pyridine rings is 1. The van der Waals surface area contributed by atoms with Crippen molar-refractivity contribution in [3.05, 3.63) is 58.9 Å². The minimum Gasteiger partial charge on any atom is -0.493 e. The maximum atomic E-state index is 12.1. The summed E-state index contributed by atoms with van der Waals surface area (Å²) in [6.07, 6.45) is 2.13. The van der Waals surface area contributed by atoms with Gasteiger partial charge in [0.1, 0.15) is 11.4 Å². The Bertz CT molecular complexity index is 766. The molecule has 124 valence electrons. The first-order valence-corrected chi connectivity index (χ1v) is 7.92. The van der Waals surface area contributed by atoms with Gasteiger partial charge in [-0.05, 0) is 18.2 Å². The predicted octanol–water partition coefficient (Wildman–Crippen LogP) is 2.10. The minimum absolute atomic E-state index is 0.122. The second kappa shape index (κ2) is 7.31. The summed E-state index contributed by atoms with van der Waals surface area (Å²) in [4.78, 5) is 28.0. The fourth-order valence-electron chi connectivity index (χ4n) is 2.52. The summed E-state index contributed by atoms with van der Waals surface area (Å²) in [5.41, 5.74) is 1.12. The molecule has 24 heavy (non-hydrogen) atoms. The summed E-state index contributed by atoms with van der Waals surface area (Å²) in [6.45, 7) is 0.410. The summed E-state index contributed by atoms with van der Waals surface area (Å²) in [6, 6.07) is 10.5. The summed E-state index contributed by atoms with van der Waals surface area (Å²) in [5, 5.41) is 5.86. The molecule has 2 heterocycles. The van der Waals surface area contributed by atoms with Crippen LogP contribution in [0, 0.1) is 0 Å². The van der Waals surface area contributed by atoms with Crippen molar-refractivity contribution in [1.82, 2.24) is 15.6 Å². The van der Waals surface area contributed by atoms with Gasteiger partial charge >= 0.3 is 0 Å². The van der Waals surface area contributed by atoms with Crippen LogP contribution in [0.1, 0.15) is 28.5 Å². The van der Waals surface area contributed by atoms with Crippen molar-refractivity contribution in [2.24, 2.45) is 0 Å². The van der Waals surface area contributed by atoms with Crippen LogP contribution in [0.15, 0.2) is 42.6 Å². The zero-order valence-electron chi connectivity index (χ0n) is 12.8. The lowest BCUT2D eigenvalue weighted by atomic mass is 10.0. The van der Waals surface area contributed by atoms with Gasteiger partial charge in [0, 0.05) is 23.2 Å². The van der Waals surface area contributed by atoms with Crippen LogP contribution in [0.5, 0.6) is 5.75 Å². The number of rotatable bonds is 4. The van der Waals surface area contributed by atoms with Crippen molar-refractivity contribution < 1.29 is 14.3 Å². The van der Waals surface area contributed by atoms with E-state index in [1.165, 1.54) is 12.3 Å². The maximum absolute atomic E-state index is 12.1. The highest BCUT2D eigenvalue weighted by atomic mass is 35.5. The average Bonchev–Trinajstić information content (AvgIpc) is 2.60. The second-order valence-electron chi connectivity index (χ2n) is 5.34. The first kappa shape index (κ1) is 16.3. The van der Waals surface area contributed by atoms with E-state index in [9.17, 15) is 9.59 Å². The molecule has 0 unspecified atom stereocenters. The first-order valence-electron chi connectivity index (χ1n) is 7.54. The van der Waals surface area contributed by atoms with Crippen molar-refractivity contribution in [2.75, 3.05) is 13.2 Å². The number of ether oxygens (including phenoxy) is 1. The third-order valence-electron chi connectivity index (χ3n) is 3.66. The fourth-order valence-corrected chi connectivity index (χ4v) is 2.68. The predicted molar refractivity (Wildman–Crippen MR) is 89.0 cm³/mol. The smallest absolute Gasteiger partial charge is 0.270 e. The van der Waals surface area contributed by atoms with E-state index in [0.717, 1.165) is 11.3 Å². The average molecular weight is 346 g/mol. The molecule has 2 aromatic rings. The van der Waals surface area contributed by atoms with Gasteiger partial charge in [-0.1, -0.05) is 29.8 Å². The zero-order valence-corrected chi connectivity index (χ0v) is 13.5. The number of hydrogen-bond donors (Lipinski definition) is 2. The third-order valence-corrected chi connectivity index (χ3v) is 3.89. The van der Waals surface area contributed by atoms with Crippen LogP contribution in [0.2, 0.25) is 5.02 Å². The number of hydrogen-bond acceptors (Lipinski definition) is 4. The quantitative estimate of drug-likeness (QED) is 0.889. The van der Waals surface area contributed by atoms with E-state index in [2.05, 4.69) is 15.6 Å². The van der Waals surface area contributed by atoms with E-state index in [-0.39, 0.29) is 24.2 Å². The Kier molecular flexibility index (Phi) is 4.96. The van der Waals surface area contributed by atoms with Crippen LogP contribution < -0.4 is 15.4 Å². The van der Waals surface area contributed by atoms with Gasteiger partial charge in [-0.3, -0.25) is 14.6 Å². The van der Waals surface area contributed by atoms with Crippen LogP contribution in [0.25, 0.3) is 0 Å². The van der Waals surface area contributed by atoms with Crippen molar-refractivity contribution >= 4 is 23.4 Å². The number of amides is 2. The summed E-state index contributed by atoms with van der Waals surface area (Å²) < 4.78 is 5.56. The van der Waals surface area contributed by atoms with E-state index in [1.807, 2.05) is 24.3 Å². The van der Waals surface area contributed by atoms with Crippen LogP contribution in [0.3, 0.4) is 0 Å². The topological polar surface area (TPSA) is 80.3 Å². The molecule has 1 aromatic heterocycles. The zero-order chi connectivity index (χ0) is 16.9. The van der Waals surface area contributed by atoms with Crippen molar-refractivity contribution in [2.45, 2.75) is 12.5 Å². The Labute approximate surface area is 144 Å². The number of carbonyl (C=O) groups excluding carboxylic acids is 2. The molecule has 0 saturated carbocycles. The molecule has 1 atom stereocenters. The van der Waals surface area contributed by atoms with Gasteiger partial charge in [-0.15, -0.1) is 0 Å². The number of aromatic nitrogens is 1. The number of nitrogens with one attached hydrogen (secondary N) is 2. The highest BCUT2D eigenvalue weighted by molar-refractivity contribution is 6.30. The molecular formula is C17H16ClN3O3. The summed E-state index contributed by atoms with van der Waals surface area (Å²) in [7, 11) is 0. The Hall–Kier alpha value is -2.60. The van der Waals surface area contributed by atoms with Gasteiger partial charge in [0.25, 0.3) is 5.91 Å². The molecule has 1 aromatic carbocycles. The molecule has 3 rings (SSSR count). The fraction of sp³-hybridized carbons (Fsp3) is 0.235. The monoisotopic (exact) mass is 345 g/mol. The Balaban J connectivity index is 1.56. The number of carbonyl (C=O) groups is 2. The van der Waals surface area contributed by atoms with Crippen LogP contribution >= 0.6 is 11.6 Å². The standard InChI is InChI=1S/C17H16ClN3O3/c18-11-5-7-19-14(9-11)17(23)20-10-16(22)21-13-6-8-24-15-4-2-1-3-12(13)15/h1-5,7,9,13H,6,8,10H2,(H,20,23)(H,21,22)/t13-/m0/s1. The Morgan fingerprint density at radius 1 is 1.29 bits per heavy atom. The van der Waals surface area contributed by atoms with E-state index < -0.39 is 5.91 Å². The van der Waals surface area contributed by atoms with E-state index in [4.69, 9.17) is 16.3 Å². The van der Waals surface area contributed by atoms with Crippen LogP contribution in [-0.4, -0.2) is 29.9 Å². The lowest BCUT2D eigenvalue weighted by Crippen LogP contribution is -2.40. The van der Waals surface area contributed by atoms with Crippen molar-refractivity contribution in [1.29, 1.82) is 0 Å². The molecule has 0 spiro atoms. The number of nitrogens with zero attached hydrogens (tertiary/aromatic N) is 1. The van der Waals surface area contributed by atoms with Gasteiger partial charge in [0.05, 0.1) is 19.2 Å². The van der Waals surface area contributed by atoms with Crippen LogP contribution in [-0.2, 0) is 4.79 Å². The lowest BCUT2D eigenvalue weighted by molar-refractivity contribution is -0.121. The SMILES string of the molecule is O=C(CNC(=O)c1cc(Cl)ccn1)N[C@H]1CCOc2ccccc21. The number of benzene rings is 1. The molecule has 7 heteroatoms. The van der Waals surface area contributed by atoms with Crippen LogP contribution in [0.4, 0.5) is 0 Å². The summed E-state index contributed by atoms with van der Waals surface area (Å²) in [5.74, 6) is 0.0633. The highest BCUT2D eigenvalue weighted by Crippen LogP contribution is 2.31. The largest absolute Gasteiger partial charge is 0.493 e.